The summed E-state index contributed by atoms with van der Waals surface area (Å²) in [6.45, 7) is 4.64. The smallest absolute Gasteiger partial charge is 0.256 e. The van der Waals surface area contributed by atoms with Gasteiger partial charge in [0.25, 0.3) is 5.56 Å². The third-order valence-electron chi connectivity index (χ3n) is 6.24. The van der Waals surface area contributed by atoms with E-state index in [-0.39, 0.29) is 23.4 Å². The number of nitrogens with zero attached hydrogens (tertiary/aromatic N) is 1. The van der Waals surface area contributed by atoms with Gasteiger partial charge in [-0.15, -0.1) is 0 Å². The molecule has 1 unspecified atom stereocenters. The zero-order valence-corrected chi connectivity index (χ0v) is 17.1. The molecule has 1 aliphatic carbocycles. The standard InChI is InChI=1S/C21H36FN5O/c1-2-3-4-17(23)13-25-21-26-19(15-9-11-24-12-10-15)18(20(28)27-21)14-5-7-16(22)8-6-14/h14-17,24H,2-13,23H2,1H3,(H2,25,26,27,28). The van der Waals surface area contributed by atoms with E-state index >= 15 is 0 Å². The molecule has 2 fully saturated rings. The molecule has 0 radical (unpaired) electrons. The summed E-state index contributed by atoms with van der Waals surface area (Å²) in [6.07, 6.45) is 6.98. The molecule has 0 aromatic carbocycles. The first-order valence-electron chi connectivity index (χ1n) is 11.1. The molecular formula is C21H36FN5O. The van der Waals surface area contributed by atoms with Gasteiger partial charge in [-0.05, 0) is 64.0 Å². The van der Waals surface area contributed by atoms with Gasteiger partial charge in [0.2, 0.25) is 5.95 Å². The van der Waals surface area contributed by atoms with Crippen LogP contribution in [0.4, 0.5) is 10.3 Å². The van der Waals surface area contributed by atoms with Crippen molar-refractivity contribution in [2.24, 2.45) is 5.73 Å². The monoisotopic (exact) mass is 393 g/mol. The zero-order valence-electron chi connectivity index (χ0n) is 17.1. The van der Waals surface area contributed by atoms with Crippen LogP contribution >= 0.6 is 0 Å². The molecule has 28 heavy (non-hydrogen) atoms. The van der Waals surface area contributed by atoms with E-state index in [2.05, 4.69) is 22.5 Å². The van der Waals surface area contributed by atoms with Gasteiger partial charge in [0.05, 0.1) is 5.69 Å². The van der Waals surface area contributed by atoms with Crippen LogP contribution in [0.2, 0.25) is 0 Å². The van der Waals surface area contributed by atoms with E-state index in [0.29, 0.717) is 25.3 Å². The predicted molar refractivity (Wildman–Crippen MR) is 112 cm³/mol. The van der Waals surface area contributed by atoms with Gasteiger partial charge in [-0.3, -0.25) is 9.78 Å². The minimum absolute atomic E-state index is 0.0482. The topological polar surface area (TPSA) is 95.8 Å². The Labute approximate surface area is 167 Å². The molecule has 3 rings (SSSR count). The maximum atomic E-state index is 13.6. The van der Waals surface area contributed by atoms with Crippen molar-refractivity contribution in [1.82, 2.24) is 15.3 Å². The van der Waals surface area contributed by atoms with Crippen molar-refractivity contribution in [3.8, 4) is 0 Å². The van der Waals surface area contributed by atoms with Crippen LogP contribution in [0.5, 0.6) is 0 Å². The maximum absolute atomic E-state index is 13.6. The SMILES string of the molecule is CCCCC(N)CNc1nc(C2CCNCC2)c(C2CCC(F)CC2)c(=O)[nH]1. The lowest BCUT2D eigenvalue weighted by Gasteiger charge is -2.29. The predicted octanol–water partition coefficient (Wildman–Crippen LogP) is 3.16. The van der Waals surface area contributed by atoms with Crippen molar-refractivity contribution < 1.29 is 4.39 Å². The molecular weight excluding hydrogens is 357 g/mol. The quantitative estimate of drug-likeness (QED) is 0.544. The summed E-state index contributed by atoms with van der Waals surface area (Å²) in [4.78, 5) is 20.8. The molecule has 2 aliphatic rings. The van der Waals surface area contributed by atoms with Gasteiger partial charge in [0, 0.05) is 24.1 Å². The Hall–Kier alpha value is -1.47. The van der Waals surface area contributed by atoms with Gasteiger partial charge >= 0.3 is 0 Å². The number of hydrogen-bond donors (Lipinski definition) is 4. The first kappa shape index (κ1) is 21.2. The summed E-state index contributed by atoms with van der Waals surface area (Å²) in [6, 6.07) is 0.0482. The van der Waals surface area contributed by atoms with Crippen molar-refractivity contribution in [2.75, 3.05) is 25.0 Å². The normalized spacial score (nSPS) is 24.8. The first-order chi connectivity index (χ1) is 13.6. The molecule has 0 amide bonds. The first-order valence-corrected chi connectivity index (χ1v) is 11.1. The molecule has 2 heterocycles. The number of hydrogen-bond acceptors (Lipinski definition) is 5. The molecule has 158 valence electrons. The number of piperidine rings is 1. The number of H-pyrrole nitrogens is 1. The van der Waals surface area contributed by atoms with E-state index < -0.39 is 6.17 Å². The van der Waals surface area contributed by atoms with Crippen LogP contribution in [-0.4, -0.2) is 41.8 Å². The van der Waals surface area contributed by atoms with Gasteiger partial charge in [0.15, 0.2) is 0 Å². The number of alkyl halides is 1. The highest BCUT2D eigenvalue weighted by Gasteiger charge is 2.30. The third-order valence-corrected chi connectivity index (χ3v) is 6.24. The molecule has 1 aliphatic heterocycles. The molecule has 1 aromatic heterocycles. The van der Waals surface area contributed by atoms with Crippen molar-refractivity contribution in [3.05, 3.63) is 21.6 Å². The van der Waals surface area contributed by atoms with Crippen LogP contribution < -0.4 is 21.9 Å². The molecule has 5 N–H and O–H groups in total. The van der Waals surface area contributed by atoms with Gasteiger partial charge < -0.3 is 16.4 Å². The lowest BCUT2D eigenvalue weighted by molar-refractivity contribution is 0.234. The fourth-order valence-corrected chi connectivity index (χ4v) is 4.52. The van der Waals surface area contributed by atoms with Crippen molar-refractivity contribution in [1.29, 1.82) is 0 Å². The number of anilines is 1. The van der Waals surface area contributed by atoms with Gasteiger partial charge in [0.1, 0.15) is 6.17 Å². The molecule has 6 nitrogen and oxygen atoms in total. The molecule has 1 aromatic rings. The Bertz CT molecular complexity index is 665. The number of rotatable bonds is 8. The summed E-state index contributed by atoms with van der Waals surface area (Å²) in [5.41, 5.74) is 7.83. The average Bonchev–Trinajstić information content (AvgIpc) is 2.72. The van der Waals surface area contributed by atoms with Crippen LogP contribution in [0.15, 0.2) is 4.79 Å². The van der Waals surface area contributed by atoms with Crippen molar-refractivity contribution in [2.45, 2.75) is 88.8 Å². The van der Waals surface area contributed by atoms with Crippen LogP contribution in [0, 0.1) is 0 Å². The Balaban J connectivity index is 1.81. The average molecular weight is 394 g/mol. The number of unbranched alkanes of at least 4 members (excludes halogenated alkanes) is 1. The van der Waals surface area contributed by atoms with E-state index in [1.54, 1.807) is 0 Å². The van der Waals surface area contributed by atoms with Crippen molar-refractivity contribution in [3.63, 3.8) is 0 Å². The lowest BCUT2D eigenvalue weighted by Crippen LogP contribution is -2.33. The third kappa shape index (κ3) is 5.54. The molecule has 0 bridgehead atoms. The lowest BCUT2D eigenvalue weighted by atomic mass is 9.80. The van der Waals surface area contributed by atoms with E-state index in [0.717, 1.165) is 69.3 Å². The summed E-state index contributed by atoms with van der Waals surface area (Å²) in [5.74, 6) is 0.929. The molecule has 1 atom stereocenters. The van der Waals surface area contributed by atoms with Crippen molar-refractivity contribution >= 4 is 5.95 Å². The van der Waals surface area contributed by atoms with Crippen LogP contribution in [0.3, 0.4) is 0 Å². The van der Waals surface area contributed by atoms with Crippen LogP contribution in [0.25, 0.3) is 0 Å². The fraction of sp³-hybridized carbons (Fsp3) is 0.810. The number of nitrogens with one attached hydrogen (secondary N) is 3. The fourth-order valence-electron chi connectivity index (χ4n) is 4.52. The molecule has 1 saturated heterocycles. The Morgan fingerprint density at radius 3 is 2.57 bits per heavy atom. The second-order valence-corrected chi connectivity index (χ2v) is 8.47. The molecule has 7 heteroatoms. The second-order valence-electron chi connectivity index (χ2n) is 8.47. The van der Waals surface area contributed by atoms with Gasteiger partial charge in [-0.25, -0.2) is 9.37 Å². The summed E-state index contributed by atoms with van der Waals surface area (Å²) in [5, 5.41) is 6.63. The van der Waals surface area contributed by atoms with E-state index in [1.807, 2.05) is 0 Å². The van der Waals surface area contributed by atoms with Crippen LogP contribution in [-0.2, 0) is 0 Å². The Morgan fingerprint density at radius 2 is 1.89 bits per heavy atom. The number of aromatic amines is 1. The zero-order chi connectivity index (χ0) is 19.9. The van der Waals surface area contributed by atoms with Gasteiger partial charge in [-0.1, -0.05) is 19.8 Å². The maximum Gasteiger partial charge on any atom is 0.256 e. The van der Waals surface area contributed by atoms with E-state index in [1.165, 1.54) is 0 Å². The van der Waals surface area contributed by atoms with E-state index in [9.17, 15) is 9.18 Å². The number of aromatic nitrogens is 2. The minimum atomic E-state index is -0.726. The largest absolute Gasteiger partial charge is 0.354 e. The Morgan fingerprint density at radius 1 is 1.18 bits per heavy atom. The summed E-state index contributed by atoms with van der Waals surface area (Å²) >= 11 is 0. The molecule has 1 saturated carbocycles. The number of halogens is 1. The number of nitrogens with two attached hydrogens (primary N) is 1. The van der Waals surface area contributed by atoms with E-state index in [4.69, 9.17) is 10.7 Å². The summed E-state index contributed by atoms with van der Waals surface area (Å²) in [7, 11) is 0. The Kier molecular flexibility index (Phi) is 7.85. The highest BCUT2D eigenvalue weighted by molar-refractivity contribution is 5.34. The van der Waals surface area contributed by atoms with Gasteiger partial charge in [-0.2, -0.15) is 0 Å². The highest BCUT2D eigenvalue weighted by atomic mass is 19.1. The van der Waals surface area contributed by atoms with Crippen LogP contribution in [0.1, 0.15) is 87.8 Å². The second kappa shape index (κ2) is 10.3. The minimum Gasteiger partial charge on any atom is -0.354 e. The highest BCUT2D eigenvalue weighted by Crippen LogP contribution is 2.37. The summed E-state index contributed by atoms with van der Waals surface area (Å²) < 4.78 is 13.6. The molecule has 0 spiro atoms.